The molecule has 1 aromatic carbocycles. The number of aryl methyl sites for hydroxylation is 1. The molecule has 0 saturated heterocycles. The van der Waals surface area contributed by atoms with Crippen LogP contribution in [0, 0.1) is 6.92 Å². The van der Waals surface area contributed by atoms with E-state index in [4.69, 9.17) is 5.73 Å². The zero-order valence-corrected chi connectivity index (χ0v) is 10.8. The normalized spacial score (nSPS) is 16.3. The first-order valence-corrected chi connectivity index (χ1v) is 6.59. The van der Waals surface area contributed by atoms with Crippen LogP contribution < -0.4 is 16.4 Å². The number of hydrogen-bond donors (Lipinski definition) is 3. The molecule has 0 spiro atoms. The Morgan fingerprint density at radius 2 is 2.00 bits per heavy atom. The predicted molar refractivity (Wildman–Crippen MR) is 74.6 cm³/mol. The maximum Gasteiger partial charge on any atom is 0.319 e. The summed E-state index contributed by atoms with van der Waals surface area (Å²) in [6.45, 7) is 1.95. The summed E-state index contributed by atoms with van der Waals surface area (Å²) in [6, 6.07) is 5.75. The lowest BCUT2D eigenvalue weighted by molar-refractivity contribution is 0.244. The fourth-order valence-electron chi connectivity index (χ4n) is 2.32. The van der Waals surface area contributed by atoms with Crippen molar-refractivity contribution in [1.82, 2.24) is 5.32 Å². The third kappa shape index (κ3) is 3.39. The smallest absolute Gasteiger partial charge is 0.319 e. The number of carbonyl (C=O) groups is 1. The lowest BCUT2D eigenvalue weighted by atomic mass is 9.96. The number of amides is 2. The number of benzene rings is 1. The molecule has 18 heavy (non-hydrogen) atoms. The molecule has 1 saturated carbocycles. The predicted octanol–water partition coefficient (Wildman–Crippen LogP) is 3.03. The summed E-state index contributed by atoms with van der Waals surface area (Å²) in [4.78, 5) is 11.8. The van der Waals surface area contributed by atoms with Gasteiger partial charge < -0.3 is 16.4 Å². The highest BCUT2D eigenvalue weighted by Crippen LogP contribution is 2.19. The van der Waals surface area contributed by atoms with Crippen LogP contribution in [0.25, 0.3) is 0 Å². The first-order chi connectivity index (χ1) is 8.65. The molecule has 4 nitrogen and oxygen atoms in total. The Morgan fingerprint density at radius 1 is 1.28 bits per heavy atom. The Labute approximate surface area is 108 Å². The average molecular weight is 247 g/mol. The van der Waals surface area contributed by atoms with E-state index >= 15 is 0 Å². The van der Waals surface area contributed by atoms with Crippen LogP contribution in [0.4, 0.5) is 16.2 Å². The number of nitrogens with one attached hydrogen (secondary N) is 2. The molecule has 1 aromatic rings. The summed E-state index contributed by atoms with van der Waals surface area (Å²) >= 11 is 0. The van der Waals surface area contributed by atoms with E-state index in [1.54, 1.807) is 6.07 Å². The summed E-state index contributed by atoms with van der Waals surface area (Å²) in [6.07, 6.45) is 5.88. The molecule has 4 heteroatoms. The van der Waals surface area contributed by atoms with Crippen molar-refractivity contribution >= 4 is 17.4 Å². The summed E-state index contributed by atoms with van der Waals surface area (Å²) in [5.74, 6) is 0. The molecule has 1 aliphatic rings. The summed E-state index contributed by atoms with van der Waals surface area (Å²) in [5, 5.41) is 5.84. The van der Waals surface area contributed by atoms with Crippen molar-refractivity contribution in [1.29, 1.82) is 0 Å². The largest absolute Gasteiger partial charge is 0.398 e. The van der Waals surface area contributed by atoms with Crippen molar-refractivity contribution in [3.63, 3.8) is 0 Å². The fourth-order valence-corrected chi connectivity index (χ4v) is 2.32. The van der Waals surface area contributed by atoms with Gasteiger partial charge in [-0.2, -0.15) is 0 Å². The highest BCUT2D eigenvalue weighted by Gasteiger charge is 2.15. The summed E-state index contributed by atoms with van der Waals surface area (Å²) in [5.41, 5.74) is 8.27. The highest BCUT2D eigenvalue weighted by molar-refractivity contribution is 5.90. The second kappa shape index (κ2) is 5.76. The van der Waals surface area contributed by atoms with Gasteiger partial charge in [0.05, 0.1) is 0 Å². The first kappa shape index (κ1) is 12.7. The lowest BCUT2D eigenvalue weighted by Gasteiger charge is -2.22. The van der Waals surface area contributed by atoms with Gasteiger partial charge in [-0.1, -0.05) is 25.3 Å². The molecule has 98 valence electrons. The fraction of sp³-hybridized carbons (Fsp3) is 0.500. The van der Waals surface area contributed by atoms with Crippen molar-refractivity contribution in [2.24, 2.45) is 0 Å². The number of anilines is 2. The van der Waals surface area contributed by atoms with Gasteiger partial charge >= 0.3 is 6.03 Å². The molecule has 0 atom stereocenters. The third-order valence-corrected chi connectivity index (χ3v) is 3.48. The van der Waals surface area contributed by atoms with E-state index in [0.29, 0.717) is 11.7 Å². The van der Waals surface area contributed by atoms with E-state index < -0.39 is 0 Å². The van der Waals surface area contributed by atoms with Gasteiger partial charge in [0.1, 0.15) is 0 Å². The second-order valence-corrected chi connectivity index (χ2v) is 5.00. The van der Waals surface area contributed by atoms with E-state index in [2.05, 4.69) is 10.6 Å². The molecule has 0 aromatic heterocycles. The quantitative estimate of drug-likeness (QED) is 0.703. The SMILES string of the molecule is Cc1ccc(NC(=O)NC2CCCCC2)cc1N. The van der Waals surface area contributed by atoms with Crippen molar-refractivity contribution < 1.29 is 4.79 Å². The van der Waals surface area contributed by atoms with Gasteiger partial charge in [0.15, 0.2) is 0 Å². The molecule has 1 fully saturated rings. The number of hydrogen-bond acceptors (Lipinski definition) is 2. The minimum absolute atomic E-state index is 0.134. The van der Waals surface area contributed by atoms with E-state index in [1.165, 1.54) is 19.3 Å². The van der Waals surface area contributed by atoms with Gasteiger partial charge in [0.2, 0.25) is 0 Å². The molecular formula is C14H21N3O. The Bertz CT molecular complexity index is 425. The molecule has 1 aliphatic carbocycles. The third-order valence-electron chi connectivity index (χ3n) is 3.48. The Balaban J connectivity index is 1.88. The van der Waals surface area contributed by atoms with Gasteiger partial charge in [-0.05, 0) is 37.5 Å². The van der Waals surface area contributed by atoms with Crippen LogP contribution in [0.1, 0.15) is 37.7 Å². The molecule has 0 aliphatic heterocycles. The maximum absolute atomic E-state index is 11.8. The monoisotopic (exact) mass is 247 g/mol. The highest BCUT2D eigenvalue weighted by atomic mass is 16.2. The van der Waals surface area contributed by atoms with Gasteiger partial charge in [0.25, 0.3) is 0 Å². The van der Waals surface area contributed by atoms with Crippen molar-refractivity contribution in [2.75, 3.05) is 11.1 Å². The Hall–Kier alpha value is -1.71. The van der Waals surface area contributed by atoms with Gasteiger partial charge in [-0.3, -0.25) is 0 Å². The summed E-state index contributed by atoms with van der Waals surface area (Å²) in [7, 11) is 0. The zero-order chi connectivity index (χ0) is 13.0. The zero-order valence-electron chi connectivity index (χ0n) is 10.8. The van der Waals surface area contributed by atoms with E-state index in [1.807, 2.05) is 19.1 Å². The Morgan fingerprint density at radius 3 is 2.67 bits per heavy atom. The molecule has 2 rings (SSSR count). The van der Waals surface area contributed by atoms with E-state index in [0.717, 1.165) is 24.1 Å². The number of nitrogen functional groups attached to an aromatic ring is 1. The van der Waals surface area contributed by atoms with Gasteiger partial charge in [-0.25, -0.2) is 4.79 Å². The van der Waals surface area contributed by atoms with Crippen molar-refractivity contribution in [3.05, 3.63) is 23.8 Å². The molecule has 0 unspecified atom stereocenters. The minimum Gasteiger partial charge on any atom is -0.398 e. The van der Waals surface area contributed by atoms with Crippen LogP contribution in [-0.2, 0) is 0 Å². The molecule has 0 heterocycles. The maximum atomic E-state index is 11.8. The van der Waals surface area contributed by atoms with Gasteiger partial charge in [0, 0.05) is 17.4 Å². The average Bonchev–Trinajstić information content (AvgIpc) is 2.35. The topological polar surface area (TPSA) is 67.2 Å². The van der Waals surface area contributed by atoms with Crippen LogP contribution in [0.2, 0.25) is 0 Å². The van der Waals surface area contributed by atoms with Crippen LogP contribution in [-0.4, -0.2) is 12.1 Å². The molecule has 0 radical (unpaired) electrons. The minimum atomic E-state index is -0.134. The first-order valence-electron chi connectivity index (χ1n) is 6.59. The van der Waals surface area contributed by atoms with E-state index in [9.17, 15) is 4.79 Å². The van der Waals surface area contributed by atoms with E-state index in [-0.39, 0.29) is 6.03 Å². The van der Waals surface area contributed by atoms with Crippen LogP contribution in [0.3, 0.4) is 0 Å². The number of rotatable bonds is 2. The van der Waals surface area contributed by atoms with Gasteiger partial charge in [-0.15, -0.1) is 0 Å². The molecule has 4 N–H and O–H groups in total. The van der Waals surface area contributed by atoms with Crippen LogP contribution >= 0.6 is 0 Å². The molecule has 0 bridgehead atoms. The lowest BCUT2D eigenvalue weighted by Crippen LogP contribution is -2.39. The Kier molecular flexibility index (Phi) is 4.07. The standard InChI is InChI=1S/C14H21N3O/c1-10-7-8-12(9-13(10)15)17-14(18)16-11-5-3-2-4-6-11/h7-9,11H,2-6,15H2,1H3,(H2,16,17,18). The van der Waals surface area contributed by atoms with Crippen molar-refractivity contribution in [2.45, 2.75) is 45.1 Å². The number of carbonyl (C=O) groups excluding carboxylic acids is 1. The summed E-state index contributed by atoms with van der Waals surface area (Å²) < 4.78 is 0. The number of nitrogens with two attached hydrogens (primary N) is 1. The van der Waals surface area contributed by atoms with Crippen molar-refractivity contribution in [3.8, 4) is 0 Å². The second-order valence-electron chi connectivity index (χ2n) is 5.00. The van der Waals surface area contributed by atoms with Crippen LogP contribution in [0.5, 0.6) is 0 Å². The number of urea groups is 1. The molecular weight excluding hydrogens is 226 g/mol. The van der Waals surface area contributed by atoms with Crippen LogP contribution in [0.15, 0.2) is 18.2 Å². The molecule has 2 amide bonds.